The van der Waals surface area contributed by atoms with Gasteiger partial charge in [-0.25, -0.2) is 4.79 Å². The van der Waals surface area contributed by atoms with Crippen molar-refractivity contribution in [2.45, 2.75) is 65.5 Å². The Labute approximate surface area is 183 Å². The molecule has 1 unspecified atom stereocenters. The fourth-order valence-corrected chi connectivity index (χ4v) is 4.41. The lowest BCUT2D eigenvalue weighted by molar-refractivity contribution is 0.253. The first-order valence-electron chi connectivity index (χ1n) is 10.8. The number of likely N-dealkylation sites (tertiary alicyclic amines) is 1. The van der Waals surface area contributed by atoms with Gasteiger partial charge in [-0.05, 0) is 40.3 Å². The van der Waals surface area contributed by atoms with Crippen molar-refractivity contribution in [1.82, 2.24) is 19.4 Å². The average Bonchev–Trinajstić information content (AvgIpc) is 3.35. The van der Waals surface area contributed by atoms with Crippen LogP contribution < -0.4 is 14.3 Å². The minimum Gasteiger partial charge on any atom is -0.464 e. The quantitative estimate of drug-likeness (QED) is 0.597. The Morgan fingerprint density at radius 2 is 2.20 bits per heavy atom. The number of hydrogen-bond donors (Lipinski definition) is 2. The summed E-state index contributed by atoms with van der Waals surface area (Å²) in [5.74, 6) is 1.68. The number of rotatable bonds is 8. The molecule has 3 heterocycles. The molecule has 2 aromatic heterocycles. The third-order valence-corrected chi connectivity index (χ3v) is 6.30. The predicted molar refractivity (Wildman–Crippen MR) is 123 cm³/mol. The van der Waals surface area contributed by atoms with Gasteiger partial charge in [0.2, 0.25) is 0 Å². The van der Waals surface area contributed by atoms with E-state index < -0.39 is 0 Å². The van der Waals surface area contributed by atoms with Crippen LogP contribution in [0.25, 0.3) is 0 Å². The van der Waals surface area contributed by atoms with E-state index >= 15 is 0 Å². The number of aryl methyl sites for hydroxylation is 2. The van der Waals surface area contributed by atoms with Crippen molar-refractivity contribution in [3.63, 3.8) is 0 Å². The lowest BCUT2D eigenvalue weighted by Crippen LogP contribution is -2.45. The highest BCUT2D eigenvalue weighted by atomic mass is 32.2. The third-order valence-electron chi connectivity index (χ3n) is 5.32. The zero-order valence-corrected chi connectivity index (χ0v) is 19.5. The van der Waals surface area contributed by atoms with Gasteiger partial charge in [-0.3, -0.25) is 13.7 Å². The van der Waals surface area contributed by atoms with Crippen LogP contribution in [0.15, 0.2) is 22.9 Å². The van der Waals surface area contributed by atoms with Crippen molar-refractivity contribution in [3.05, 3.63) is 30.0 Å². The number of nitrogens with one attached hydrogen (secondary N) is 2. The van der Waals surface area contributed by atoms with Crippen LogP contribution in [0.4, 0.5) is 16.2 Å². The van der Waals surface area contributed by atoms with Crippen molar-refractivity contribution in [1.29, 1.82) is 0 Å². The van der Waals surface area contributed by atoms with Crippen LogP contribution in [0.2, 0.25) is 0 Å². The van der Waals surface area contributed by atoms with Crippen LogP contribution in [0, 0.1) is 0 Å². The third kappa shape index (κ3) is 5.51. The van der Waals surface area contributed by atoms with Gasteiger partial charge in [0.1, 0.15) is 11.5 Å². The molecule has 2 aromatic rings. The second-order valence-corrected chi connectivity index (χ2v) is 8.84. The Morgan fingerprint density at radius 3 is 2.83 bits per heavy atom. The average molecular weight is 435 g/mol. The fourth-order valence-electron chi connectivity index (χ4n) is 3.66. The lowest BCUT2D eigenvalue weighted by Gasteiger charge is -2.37. The zero-order valence-electron chi connectivity index (χ0n) is 18.6. The number of amides is 2. The van der Waals surface area contributed by atoms with Crippen LogP contribution in [-0.4, -0.2) is 46.9 Å². The number of carbonyl (C=O) groups excluding carboxylic acids is 1. The number of carbonyl (C=O) groups is 1. The lowest BCUT2D eigenvalue weighted by atomic mass is 10.1. The van der Waals surface area contributed by atoms with Gasteiger partial charge < -0.3 is 14.6 Å². The Balaban J connectivity index is 1.69. The summed E-state index contributed by atoms with van der Waals surface area (Å²) in [6.07, 6.45) is 7.67. The molecule has 0 bridgehead atoms. The summed E-state index contributed by atoms with van der Waals surface area (Å²) in [5.41, 5.74) is 1.74. The molecule has 0 spiro atoms. The molecule has 0 saturated carbocycles. The number of aromatic nitrogens is 2. The summed E-state index contributed by atoms with van der Waals surface area (Å²) in [4.78, 5) is 15.0. The molecule has 166 valence electrons. The minimum atomic E-state index is -0.261. The molecule has 1 aliphatic rings. The summed E-state index contributed by atoms with van der Waals surface area (Å²) in [6.45, 7) is 10.3. The summed E-state index contributed by atoms with van der Waals surface area (Å²) >= 11 is 1.32. The fraction of sp³-hybridized carbons (Fsp3) is 0.619. The van der Waals surface area contributed by atoms with Gasteiger partial charge >= 0.3 is 6.03 Å². The van der Waals surface area contributed by atoms with Gasteiger partial charge in [0.15, 0.2) is 0 Å². The highest BCUT2D eigenvalue weighted by molar-refractivity contribution is 7.99. The summed E-state index contributed by atoms with van der Waals surface area (Å²) < 4.78 is 12.8. The second kappa shape index (κ2) is 10.3. The van der Waals surface area contributed by atoms with Crippen molar-refractivity contribution >= 4 is 29.5 Å². The molecule has 1 aliphatic heterocycles. The molecule has 1 atom stereocenters. The van der Waals surface area contributed by atoms with Gasteiger partial charge in [-0.15, -0.1) is 0 Å². The van der Waals surface area contributed by atoms with E-state index in [1.54, 1.807) is 0 Å². The highest BCUT2D eigenvalue weighted by Gasteiger charge is 2.27. The summed E-state index contributed by atoms with van der Waals surface area (Å²) in [7, 11) is 2.14. The van der Waals surface area contributed by atoms with E-state index in [1.807, 2.05) is 37.0 Å². The number of furan rings is 1. The normalized spacial score (nSPS) is 17.3. The van der Waals surface area contributed by atoms with E-state index in [-0.39, 0.29) is 12.1 Å². The summed E-state index contributed by atoms with van der Waals surface area (Å²) in [5, 5.41) is 7.42. The van der Waals surface area contributed by atoms with Gasteiger partial charge in [-0.1, -0.05) is 13.8 Å². The predicted octanol–water partition coefficient (Wildman–Crippen LogP) is 4.47. The van der Waals surface area contributed by atoms with Gasteiger partial charge in [-0.2, -0.15) is 5.10 Å². The second-order valence-electron chi connectivity index (χ2n) is 8.06. The van der Waals surface area contributed by atoms with E-state index in [1.165, 1.54) is 12.1 Å². The van der Waals surface area contributed by atoms with Crippen LogP contribution >= 0.6 is 12.1 Å². The van der Waals surface area contributed by atoms with Crippen LogP contribution in [0.1, 0.15) is 58.1 Å². The molecule has 2 N–H and O–H groups in total. The Kier molecular flexibility index (Phi) is 7.71. The molecule has 0 radical (unpaired) electrons. The molecule has 9 heteroatoms. The maximum atomic E-state index is 12.6. The molecule has 30 heavy (non-hydrogen) atoms. The zero-order chi connectivity index (χ0) is 21.7. The molecule has 0 aliphatic carbocycles. The van der Waals surface area contributed by atoms with Gasteiger partial charge in [0.05, 0.1) is 35.7 Å². The van der Waals surface area contributed by atoms with Gasteiger partial charge in [0, 0.05) is 37.7 Å². The first kappa shape index (κ1) is 22.6. The molecule has 2 amide bonds. The topological polar surface area (TPSA) is 78.6 Å². The number of piperidine rings is 1. The summed E-state index contributed by atoms with van der Waals surface area (Å²) in [6, 6.07) is 2.23. The maximum absolute atomic E-state index is 12.6. The SMILES string of the molecule is CCc1cc(NC(=O)NSN(c2cnn(C(C)C)c2)C2CCCN(C)C2)c(CC)o1. The molecule has 0 aromatic carbocycles. The minimum absolute atomic E-state index is 0.261. The molecule has 8 nitrogen and oxygen atoms in total. The Morgan fingerprint density at radius 1 is 1.40 bits per heavy atom. The highest BCUT2D eigenvalue weighted by Crippen LogP contribution is 2.29. The Bertz CT molecular complexity index is 833. The number of nitrogens with zero attached hydrogens (tertiary/aromatic N) is 4. The van der Waals surface area contributed by atoms with Crippen molar-refractivity contribution < 1.29 is 9.21 Å². The number of anilines is 2. The van der Waals surface area contributed by atoms with Crippen LogP contribution in [0.3, 0.4) is 0 Å². The van der Waals surface area contributed by atoms with Crippen molar-refractivity contribution in [3.8, 4) is 0 Å². The number of likely N-dealkylation sites (N-methyl/N-ethyl adjacent to an activating group) is 1. The molecular weight excluding hydrogens is 400 g/mol. The van der Waals surface area contributed by atoms with Crippen molar-refractivity contribution in [2.75, 3.05) is 29.8 Å². The van der Waals surface area contributed by atoms with Gasteiger partial charge in [0.25, 0.3) is 0 Å². The van der Waals surface area contributed by atoms with Crippen LogP contribution in [-0.2, 0) is 12.8 Å². The molecular formula is C21H34N6O2S. The largest absolute Gasteiger partial charge is 0.464 e. The smallest absolute Gasteiger partial charge is 0.330 e. The van der Waals surface area contributed by atoms with E-state index in [4.69, 9.17) is 4.42 Å². The van der Waals surface area contributed by atoms with E-state index in [0.29, 0.717) is 6.04 Å². The number of hydrogen-bond acceptors (Lipinski definition) is 6. The molecule has 1 saturated heterocycles. The van der Waals surface area contributed by atoms with E-state index in [2.05, 4.69) is 45.2 Å². The number of urea groups is 1. The maximum Gasteiger partial charge on any atom is 0.330 e. The standard InChI is InChI=1S/C21H34N6O2S/c1-6-18-11-19(20(7-2)29-18)23-21(28)24-30-27(16-9-8-10-25(5)13-16)17-12-22-26(14-17)15(3)4/h11-12,14-16H,6-10,13H2,1-5H3,(H2,23,24,28). The van der Waals surface area contributed by atoms with E-state index in [9.17, 15) is 4.79 Å². The Hall–Kier alpha value is -2.13. The van der Waals surface area contributed by atoms with E-state index in [0.717, 1.165) is 61.7 Å². The first-order valence-corrected chi connectivity index (χ1v) is 11.6. The molecule has 1 fully saturated rings. The first-order chi connectivity index (χ1) is 14.4. The molecule has 3 rings (SSSR count). The monoisotopic (exact) mass is 434 g/mol. The van der Waals surface area contributed by atoms with Crippen molar-refractivity contribution in [2.24, 2.45) is 0 Å². The van der Waals surface area contributed by atoms with Crippen LogP contribution in [0.5, 0.6) is 0 Å².